The molecule has 1 aromatic carbocycles. The van der Waals surface area contributed by atoms with Gasteiger partial charge in [-0.15, -0.1) is 11.3 Å². The van der Waals surface area contributed by atoms with Crippen molar-refractivity contribution >= 4 is 28.2 Å². The number of anilines is 1. The molecule has 0 radical (unpaired) electrons. The summed E-state index contributed by atoms with van der Waals surface area (Å²) in [4.78, 5) is 25.7. The van der Waals surface area contributed by atoms with Gasteiger partial charge in [0.25, 0.3) is 11.8 Å². The topological polar surface area (TPSA) is 81.4 Å². The number of aryl methyl sites for hydroxylation is 1. The molecule has 6 heteroatoms. The number of ether oxygens (including phenoxy) is 1. The van der Waals surface area contributed by atoms with Gasteiger partial charge in [-0.3, -0.25) is 9.59 Å². The van der Waals surface area contributed by atoms with Crippen LogP contribution in [-0.4, -0.2) is 17.9 Å². The fourth-order valence-electron chi connectivity index (χ4n) is 3.19. The van der Waals surface area contributed by atoms with Gasteiger partial charge in [0, 0.05) is 4.88 Å². The molecular formula is C20H24N2O3S. The molecule has 0 saturated heterocycles. The van der Waals surface area contributed by atoms with Crippen molar-refractivity contribution < 1.29 is 14.3 Å². The van der Waals surface area contributed by atoms with Gasteiger partial charge in [-0.1, -0.05) is 24.6 Å². The lowest BCUT2D eigenvalue weighted by Crippen LogP contribution is -2.30. The average Bonchev–Trinajstić information content (AvgIpc) is 2.93. The highest BCUT2D eigenvalue weighted by Crippen LogP contribution is 2.39. The smallest absolute Gasteiger partial charge is 0.265 e. The van der Waals surface area contributed by atoms with Crippen LogP contribution in [-0.2, 0) is 17.6 Å². The van der Waals surface area contributed by atoms with Crippen molar-refractivity contribution in [1.29, 1.82) is 0 Å². The first-order valence-electron chi connectivity index (χ1n) is 8.83. The summed E-state index contributed by atoms with van der Waals surface area (Å²) in [5, 5.41) is 3.39. The summed E-state index contributed by atoms with van der Waals surface area (Å²) < 4.78 is 5.70. The Kier molecular flexibility index (Phi) is 5.32. The van der Waals surface area contributed by atoms with Gasteiger partial charge in [-0.2, -0.15) is 0 Å². The lowest BCUT2D eigenvalue weighted by molar-refractivity contribution is -0.122. The Bertz CT molecular complexity index is 826. The van der Waals surface area contributed by atoms with Crippen LogP contribution in [0.4, 0.5) is 5.00 Å². The van der Waals surface area contributed by atoms with Gasteiger partial charge in [-0.05, 0) is 56.7 Å². The molecule has 2 amide bonds. The maximum absolute atomic E-state index is 12.6. The fraction of sp³-hybridized carbons (Fsp3) is 0.400. The molecule has 138 valence electrons. The molecule has 1 aromatic heterocycles. The first-order chi connectivity index (χ1) is 12.3. The first kappa shape index (κ1) is 18.5. The van der Waals surface area contributed by atoms with Crippen LogP contribution in [0.25, 0.3) is 0 Å². The molecule has 1 aliphatic carbocycles. The minimum atomic E-state index is -0.684. The van der Waals surface area contributed by atoms with Crippen LogP contribution >= 0.6 is 11.3 Å². The van der Waals surface area contributed by atoms with E-state index in [4.69, 9.17) is 10.5 Å². The van der Waals surface area contributed by atoms with Crippen LogP contribution in [0.5, 0.6) is 5.75 Å². The molecule has 0 bridgehead atoms. The normalized spacial score (nSPS) is 17.3. The molecule has 26 heavy (non-hydrogen) atoms. The van der Waals surface area contributed by atoms with Gasteiger partial charge in [0.2, 0.25) is 0 Å². The van der Waals surface area contributed by atoms with E-state index in [0.29, 0.717) is 22.2 Å². The second-order valence-electron chi connectivity index (χ2n) is 6.98. The summed E-state index contributed by atoms with van der Waals surface area (Å²) in [5.41, 5.74) is 8.18. The molecule has 0 aliphatic heterocycles. The van der Waals surface area contributed by atoms with Gasteiger partial charge < -0.3 is 15.8 Å². The van der Waals surface area contributed by atoms with Crippen molar-refractivity contribution in [3.63, 3.8) is 0 Å². The lowest BCUT2D eigenvalue weighted by Gasteiger charge is -2.18. The van der Waals surface area contributed by atoms with Gasteiger partial charge in [0.15, 0.2) is 6.10 Å². The quantitative estimate of drug-likeness (QED) is 0.840. The summed E-state index contributed by atoms with van der Waals surface area (Å²) in [5.74, 6) is 0.432. The molecule has 0 fully saturated rings. The Morgan fingerprint density at radius 2 is 2.00 bits per heavy atom. The first-order valence-corrected chi connectivity index (χ1v) is 9.65. The standard InChI is InChI=1S/C20H24N2O3S/c1-11-4-7-14(8-5-11)25-13(3)19(24)22-20-17(18(21)23)15-9-6-12(2)10-16(15)26-20/h4-5,7-8,12-13H,6,9-10H2,1-3H3,(H2,21,23)(H,22,24)/t12-,13-/m1/s1. The van der Waals surface area contributed by atoms with Gasteiger partial charge >= 0.3 is 0 Å². The van der Waals surface area contributed by atoms with Crippen molar-refractivity contribution in [3.8, 4) is 5.75 Å². The minimum absolute atomic E-state index is 0.292. The summed E-state index contributed by atoms with van der Waals surface area (Å²) >= 11 is 1.46. The number of fused-ring (bicyclic) bond motifs is 1. The number of rotatable bonds is 5. The summed E-state index contributed by atoms with van der Waals surface area (Å²) in [6.45, 7) is 5.88. The minimum Gasteiger partial charge on any atom is -0.481 e. The molecule has 3 N–H and O–H groups in total. The molecule has 0 saturated carbocycles. The number of hydrogen-bond donors (Lipinski definition) is 2. The number of benzene rings is 1. The van der Waals surface area contributed by atoms with Crippen LogP contribution in [0.2, 0.25) is 0 Å². The second-order valence-corrected chi connectivity index (χ2v) is 8.09. The Morgan fingerprint density at radius 1 is 1.31 bits per heavy atom. The predicted molar refractivity (Wildman–Crippen MR) is 104 cm³/mol. The number of amides is 2. The van der Waals surface area contributed by atoms with Crippen LogP contribution < -0.4 is 15.8 Å². The highest BCUT2D eigenvalue weighted by molar-refractivity contribution is 7.17. The fourth-order valence-corrected chi connectivity index (χ4v) is 4.61. The zero-order valence-corrected chi connectivity index (χ0v) is 16.1. The molecule has 3 rings (SSSR count). The van der Waals surface area contributed by atoms with Crippen molar-refractivity contribution in [3.05, 3.63) is 45.8 Å². The van der Waals surface area contributed by atoms with Crippen LogP contribution in [0.1, 0.15) is 46.6 Å². The van der Waals surface area contributed by atoms with E-state index in [0.717, 1.165) is 35.3 Å². The zero-order valence-electron chi connectivity index (χ0n) is 15.3. The maximum atomic E-state index is 12.6. The Labute approximate surface area is 157 Å². The lowest BCUT2D eigenvalue weighted by atomic mass is 9.88. The largest absolute Gasteiger partial charge is 0.481 e. The molecule has 0 unspecified atom stereocenters. The number of hydrogen-bond acceptors (Lipinski definition) is 4. The number of primary amides is 1. The third-order valence-corrected chi connectivity index (χ3v) is 5.87. The van der Waals surface area contributed by atoms with Crippen LogP contribution in [0.3, 0.4) is 0 Å². The van der Waals surface area contributed by atoms with Gasteiger partial charge in [0.05, 0.1) is 5.56 Å². The van der Waals surface area contributed by atoms with Crippen LogP contribution in [0, 0.1) is 12.8 Å². The van der Waals surface area contributed by atoms with E-state index in [1.54, 1.807) is 6.92 Å². The molecule has 2 atom stereocenters. The number of carbonyl (C=O) groups is 2. The van der Waals surface area contributed by atoms with Crippen molar-refractivity contribution in [2.45, 2.75) is 46.1 Å². The van der Waals surface area contributed by atoms with Crippen molar-refractivity contribution in [1.82, 2.24) is 0 Å². The summed E-state index contributed by atoms with van der Waals surface area (Å²) in [7, 11) is 0. The third kappa shape index (κ3) is 3.90. The van der Waals surface area contributed by atoms with E-state index in [2.05, 4.69) is 12.2 Å². The molecular weight excluding hydrogens is 348 g/mol. The van der Waals surface area contributed by atoms with E-state index in [-0.39, 0.29) is 5.91 Å². The number of carbonyl (C=O) groups excluding carboxylic acids is 2. The second kappa shape index (κ2) is 7.50. The zero-order chi connectivity index (χ0) is 18.8. The molecule has 1 heterocycles. The van der Waals surface area contributed by atoms with Crippen molar-refractivity contribution in [2.24, 2.45) is 11.7 Å². The molecule has 0 spiro atoms. The number of nitrogens with one attached hydrogen (secondary N) is 1. The van der Waals surface area contributed by atoms with Gasteiger partial charge in [0.1, 0.15) is 10.8 Å². The van der Waals surface area contributed by atoms with E-state index >= 15 is 0 Å². The molecule has 5 nitrogen and oxygen atoms in total. The number of nitrogens with two attached hydrogens (primary N) is 1. The monoisotopic (exact) mass is 372 g/mol. The molecule has 1 aliphatic rings. The van der Waals surface area contributed by atoms with E-state index < -0.39 is 12.0 Å². The Balaban J connectivity index is 1.76. The van der Waals surface area contributed by atoms with Crippen molar-refractivity contribution in [2.75, 3.05) is 5.32 Å². The molecule has 2 aromatic rings. The number of thiophene rings is 1. The van der Waals surface area contributed by atoms with E-state index in [1.807, 2.05) is 31.2 Å². The highest BCUT2D eigenvalue weighted by atomic mass is 32.1. The third-order valence-electron chi connectivity index (χ3n) is 4.70. The average molecular weight is 372 g/mol. The summed E-state index contributed by atoms with van der Waals surface area (Å²) in [6.07, 6.45) is 2.10. The van der Waals surface area contributed by atoms with E-state index in [1.165, 1.54) is 11.3 Å². The Morgan fingerprint density at radius 3 is 2.65 bits per heavy atom. The maximum Gasteiger partial charge on any atom is 0.265 e. The Hall–Kier alpha value is -2.34. The predicted octanol–water partition coefficient (Wildman–Crippen LogP) is 3.69. The highest BCUT2D eigenvalue weighted by Gasteiger charge is 2.28. The summed E-state index contributed by atoms with van der Waals surface area (Å²) in [6, 6.07) is 7.53. The van der Waals surface area contributed by atoms with Gasteiger partial charge in [-0.25, -0.2) is 0 Å². The van der Waals surface area contributed by atoms with Crippen LogP contribution in [0.15, 0.2) is 24.3 Å². The van der Waals surface area contributed by atoms with E-state index in [9.17, 15) is 9.59 Å². The SMILES string of the molecule is Cc1ccc(O[C@H](C)C(=O)Nc2sc3c(c2C(N)=O)CC[C@@H](C)C3)cc1.